The highest BCUT2D eigenvalue weighted by atomic mass is 79.9. The van der Waals surface area contributed by atoms with Gasteiger partial charge >= 0.3 is 0 Å². The Labute approximate surface area is 243 Å². The summed E-state index contributed by atoms with van der Waals surface area (Å²) in [5, 5.41) is 0. The molecule has 0 radical (unpaired) electrons. The van der Waals surface area contributed by atoms with Gasteiger partial charge in [0, 0.05) is 0 Å². The van der Waals surface area contributed by atoms with Crippen molar-refractivity contribution < 1.29 is 4.43 Å². The molecule has 36 heavy (non-hydrogen) atoms. The summed E-state index contributed by atoms with van der Waals surface area (Å²) in [7, 11) is -1.82. The van der Waals surface area contributed by atoms with Gasteiger partial charge in [-0.3, -0.25) is 0 Å². The summed E-state index contributed by atoms with van der Waals surface area (Å²) in [6.07, 6.45) is 22.7. The van der Waals surface area contributed by atoms with Crippen LogP contribution in [0.15, 0.2) is 3.79 Å². The second-order valence-corrected chi connectivity index (χ2v) is 18.8. The van der Waals surface area contributed by atoms with Crippen LogP contribution in [0.5, 0.6) is 0 Å². The predicted octanol–water partition coefficient (Wildman–Crippen LogP) is 12.6. The standard InChI is InChI=1S/C30H57BrClNOSSi/c1-6-7-8-9-10-11-12-13-14-15-16-17-18-19-20-21-22-36(24-26(2)3,25-27(4)5)34-23-28-29(31)35-30(32)33-28/h26-27H,6-25H2,1-5H3. The van der Waals surface area contributed by atoms with E-state index in [0.717, 1.165) is 9.48 Å². The molecule has 0 saturated heterocycles. The van der Waals surface area contributed by atoms with Gasteiger partial charge in [0.25, 0.3) is 0 Å². The second-order valence-electron chi connectivity index (χ2n) is 11.9. The highest BCUT2D eigenvalue weighted by Gasteiger charge is 2.36. The fourth-order valence-corrected chi connectivity index (χ4v) is 12.6. The molecular formula is C30H57BrClNOSSi. The highest BCUT2D eigenvalue weighted by molar-refractivity contribution is 9.11. The molecule has 1 rings (SSSR count). The number of hydrogen-bond acceptors (Lipinski definition) is 3. The van der Waals surface area contributed by atoms with Crippen LogP contribution in [0.4, 0.5) is 0 Å². The lowest BCUT2D eigenvalue weighted by Gasteiger charge is -2.34. The zero-order valence-corrected chi connectivity index (χ0v) is 28.5. The number of halogens is 2. The van der Waals surface area contributed by atoms with Crippen molar-refractivity contribution in [3.05, 3.63) is 13.9 Å². The molecule has 6 heteroatoms. The Hall–Kier alpha value is 0.577. The van der Waals surface area contributed by atoms with Crippen LogP contribution in [0.1, 0.15) is 143 Å². The van der Waals surface area contributed by atoms with Crippen molar-refractivity contribution in [1.29, 1.82) is 0 Å². The van der Waals surface area contributed by atoms with Crippen molar-refractivity contribution in [2.45, 2.75) is 162 Å². The monoisotopic (exact) mass is 621 g/mol. The molecule has 0 fully saturated rings. The fourth-order valence-electron chi connectivity index (χ4n) is 5.58. The van der Waals surface area contributed by atoms with Crippen LogP contribution < -0.4 is 0 Å². The van der Waals surface area contributed by atoms with E-state index < -0.39 is 8.32 Å². The number of hydrogen-bond donors (Lipinski definition) is 0. The van der Waals surface area contributed by atoms with E-state index in [4.69, 9.17) is 16.0 Å². The molecule has 1 aromatic rings. The Bertz CT molecular complexity index is 645. The summed E-state index contributed by atoms with van der Waals surface area (Å²) in [6.45, 7) is 12.3. The first-order valence-electron chi connectivity index (χ1n) is 15.2. The third kappa shape index (κ3) is 17.2. The van der Waals surface area contributed by atoms with Gasteiger partial charge in [-0.15, -0.1) is 0 Å². The first kappa shape index (κ1) is 34.6. The highest BCUT2D eigenvalue weighted by Crippen LogP contribution is 2.35. The molecule has 0 N–H and O–H groups in total. The Kier molecular flexibility index (Phi) is 20.6. The van der Waals surface area contributed by atoms with E-state index in [0.29, 0.717) is 22.9 Å². The fraction of sp³-hybridized carbons (Fsp3) is 0.900. The number of unbranched alkanes of at least 4 members (excludes halogenated alkanes) is 15. The largest absolute Gasteiger partial charge is 0.411 e. The summed E-state index contributed by atoms with van der Waals surface area (Å²) < 4.78 is 8.47. The van der Waals surface area contributed by atoms with Gasteiger partial charge in [0.2, 0.25) is 0 Å². The molecule has 212 valence electrons. The van der Waals surface area contributed by atoms with Gasteiger partial charge < -0.3 is 4.43 Å². The Morgan fingerprint density at radius 3 is 1.53 bits per heavy atom. The third-order valence-corrected chi connectivity index (χ3v) is 14.3. The minimum Gasteiger partial charge on any atom is -0.411 e. The van der Waals surface area contributed by atoms with Gasteiger partial charge in [0.15, 0.2) is 12.8 Å². The quantitative estimate of drug-likeness (QED) is 0.0845. The van der Waals surface area contributed by atoms with Gasteiger partial charge in [-0.05, 0) is 45.9 Å². The van der Waals surface area contributed by atoms with Gasteiger partial charge in [-0.25, -0.2) is 4.98 Å². The molecule has 0 saturated carbocycles. The van der Waals surface area contributed by atoms with Gasteiger partial charge in [0.05, 0.1) is 16.1 Å². The molecular weight excluding hydrogens is 566 g/mol. The summed E-state index contributed by atoms with van der Waals surface area (Å²) in [5.74, 6) is 1.36. The van der Waals surface area contributed by atoms with E-state index in [1.54, 1.807) is 0 Å². The third-order valence-electron chi connectivity index (χ3n) is 7.19. The number of nitrogens with zero attached hydrogens (tertiary/aromatic N) is 1. The smallest absolute Gasteiger partial charge is 0.193 e. The molecule has 0 spiro atoms. The minimum absolute atomic E-state index is 0.596. The lowest BCUT2D eigenvalue weighted by Crippen LogP contribution is -2.40. The lowest BCUT2D eigenvalue weighted by atomic mass is 10.0. The predicted molar refractivity (Wildman–Crippen MR) is 169 cm³/mol. The summed E-state index contributed by atoms with van der Waals surface area (Å²) in [6, 6.07) is 3.79. The molecule has 0 atom stereocenters. The Balaban J connectivity index is 2.25. The normalized spacial score (nSPS) is 12.4. The number of thiazole rings is 1. The molecule has 0 aliphatic heterocycles. The van der Waals surface area contributed by atoms with E-state index >= 15 is 0 Å². The van der Waals surface area contributed by atoms with E-state index in [1.165, 1.54) is 132 Å². The maximum atomic E-state index is 6.85. The number of rotatable bonds is 24. The maximum Gasteiger partial charge on any atom is 0.193 e. The zero-order chi connectivity index (χ0) is 26.7. The zero-order valence-electron chi connectivity index (χ0n) is 24.3. The van der Waals surface area contributed by atoms with Crippen molar-refractivity contribution >= 4 is 47.2 Å². The molecule has 2 nitrogen and oxygen atoms in total. The Morgan fingerprint density at radius 2 is 1.17 bits per heavy atom. The molecule has 1 heterocycles. The van der Waals surface area contributed by atoms with Crippen LogP contribution in [0.3, 0.4) is 0 Å². The van der Waals surface area contributed by atoms with Gasteiger partial charge in [0.1, 0.15) is 0 Å². The molecule has 0 bridgehead atoms. The number of aromatic nitrogens is 1. The van der Waals surface area contributed by atoms with E-state index in [1.807, 2.05) is 0 Å². The van der Waals surface area contributed by atoms with Crippen molar-refractivity contribution in [3.8, 4) is 0 Å². The van der Waals surface area contributed by atoms with Crippen molar-refractivity contribution in [2.75, 3.05) is 0 Å². The first-order chi connectivity index (χ1) is 17.3. The van der Waals surface area contributed by atoms with E-state index in [-0.39, 0.29) is 0 Å². The van der Waals surface area contributed by atoms with Crippen LogP contribution >= 0.6 is 38.9 Å². The molecule has 0 amide bonds. The van der Waals surface area contributed by atoms with Crippen LogP contribution in [0.2, 0.25) is 22.6 Å². The maximum absolute atomic E-state index is 6.85. The van der Waals surface area contributed by atoms with Crippen molar-refractivity contribution in [2.24, 2.45) is 11.8 Å². The molecule has 0 aromatic carbocycles. The van der Waals surface area contributed by atoms with Crippen LogP contribution in [-0.4, -0.2) is 13.3 Å². The van der Waals surface area contributed by atoms with Crippen molar-refractivity contribution in [1.82, 2.24) is 4.98 Å². The summed E-state index contributed by atoms with van der Waals surface area (Å²) >= 11 is 11.2. The van der Waals surface area contributed by atoms with E-state index in [2.05, 4.69) is 55.5 Å². The van der Waals surface area contributed by atoms with Gasteiger partial charge in [-0.1, -0.05) is 160 Å². The molecule has 0 aliphatic rings. The SMILES string of the molecule is CCCCCCCCCCCCCCCCCC[Si](CC(C)C)(CC(C)C)OCc1nc(Cl)sc1Br. The molecule has 1 aromatic heterocycles. The topological polar surface area (TPSA) is 22.1 Å². The second kappa shape index (κ2) is 21.4. The molecule has 0 aliphatic carbocycles. The van der Waals surface area contributed by atoms with Crippen LogP contribution in [0.25, 0.3) is 0 Å². The Morgan fingerprint density at radius 1 is 0.750 bits per heavy atom. The van der Waals surface area contributed by atoms with E-state index in [9.17, 15) is 0 Å². The van der Waals surface area contributed by atoms with Crippen molar-refractivity contribution in [3.63, 3.8) is 0 Å². The average Bonchev–Trinajstić information content (AvgIpc) is 3.13. The van der Waals surface area contributed by atoms with Gasteiger partial charge in [-0.2, -0.15) is 0 Å². The average molecular weight is 623 g/mol. The summed E-state index contributed by atoms with van der Waals surface area (Å²) in [5.41, 5.74) is 0.973. The minimum atomic E-state index is -1.82. The lowest BCUT2D eigenvalue weighted by molar-refractivity contribution is 0.271. The van der Waals surface area contributed by atoms with Crippen LogP contribution in [0, 0.1) is 11.8 Å². The summed E-state index contributed by atoms with van der Waals surface area (Å²) in [4.78, 5) is 4.49. The molecule has 0 unspecified atom stereocenters. The van der Waals surface area contributed by atoms with Crippen LogP contribution in [-0.2, 0) is 11.0 Å². The first-order valence-corrected chi connectivity index (χ1v) is 19.7.